The molecular formula is C13H16N4O. The van der Waals surface area contributed by atoms with Crippen molar-refractivity contribution in [3.63, 3.8) is 0 Å². The van der Waals surface area contributed by atoms with E-state index in [9.17, 15) is 4.79 Å². The first kappa shape index (κ1) is 12.2. The second kappa shape index (κ2) is 5.35. The Bertz CT molecular complexity index is 521. The molecule has 0 fully saturated rings. The maximum Gasteiger partial charge on any atom is 0.239 e. The van der Waals surface area contributed by atoms with Crippen LogP contribution in [-0.4, -0.2) is 15.7 Å². The molecule has 5 heteroatoms. The minimum atomic E-state index is -0.402. The summed E-state index contributed by atoms with van der Waals surface area (Å²) >= 11 is 0. The predicted molar refractivity (Wildman–Crippen MR) is 69.9 cm³/mol. The summed E-state index contributed by atoms with van der Waals surface area (Å²) < 4.78 is 1.52. The molecule has 0 aliphatic heterocycles. The fourth-order valence-electron chi connectivity index (χ4n) is 1.76. The topological polar surface area (TPSA) is 72.9 Å². The lowest BCUT2D eigenvalue weighted by Gasteiger charge is -2.13. The Balaban J connectivity index is 2.01. The van der Waals surface area contributed by atoms with Gasteiger partial charge in [0.25, 0.3) is 0 Å². The van der Waals surface area contributed by atoms with Crippen LogP contribution in [0.5, 0.6) is 0 Å². The Morgan fingerprint density at radius 3 is 2.83 bits per heavy atom. The van der Waals surface area contributed by atoms with Crippen molar-refractivity contribution in [2.24, 2.45) is 5.73 Å². The number of rotatable bonds is 5. The smallest absolute Gasteiger partial charge is 0.239 e. The van der Waals surface area contributed by atoms with Gasteiger partial charge < -0.3 is 11.1 Å². The largest absolute Gasteiger partial charge is 0.376 e. The minimum Gasteiger partial charge on any atom is -0.376 e. The third-order valence-corrected chi connectivity index (χ3v) is 2.63. The molecule has 1 aromatic heterocycles. The van der Waals surface area contributed by atoms with Crippen LogP contribution in [0, 0.1) is 0 Å². The first-order valence-electron chi connectivity index (χ1n) is 5.77. The molecule has 1 unspecified atom stereocenters. The Hall–Kier alpha value is -2.30. The van der Waals surface area contributed by atoms with Gasteiger partial charge in [-0.1, -0.05) is 30.3 Å². The van der Waals surface area contributed by atoms with Crippen LogP contribution in [0.4, 0.5) is 5.69 Å². The Kier molecular flexibility index (Phi) is 3.62. The van der Waals surface area contributed by atoms with Gasteiger partial charge in [0.15, 0.2) is 0 Å². The molecule has 0 aliphatic carbocycles. The van der Waals surface area contributed by atoms with Gasteiger partial charge >= 0.3 is 0 Å². The quantitative estimate of drug-likeness (QED) is 0.838. The average molecular weight is 244 g/mol. The maximum atomic E-state index is 10.8. The summed E-state index contributed by atoms with van der Waals surface area (Å²) in [5, 5.41) is 7.37. The van der Waals surface area contributed by atoms with E-state index in [1.807, 2.05) is 18.2 Å². The molecule has 3 N–H and O–H groups in total. The summed E-state index contributed by atoms with van der Waals surface area (Å²) in [4.78, 5) is 10.8. The highest BCUT2D eigenvalue weighted by Gasteiger charge is 2.06. The first-order chi connectivity index (χ1) is 8.65. The zero-order valence-corrected chi connectivity index (χ0v) is 10.2. The number of hydrogen-bond donors (Lipinski definition) is 2. The van der Waals surface area contributed by atoms with Gasteiger partial charge in [-0.15, -0.1) is 0 Å². The Labute approximate surface area is 106 Å². The summed E-state index contributed by atoms with van der Waals surface area (Å²) in [5.41, 5.74) is 7.17. The van der Waals surface area contributed by atoms with E-state index in [-0.39, 0.29) is 12.6 Å². The third kappa shape index (κ3) is 3.10. The van der Waals surface area contributed by atoms with Gasteiger partial charge in [-0.3, -0.25) is 9.48 Å². The number of benzene rings is 1. The van der Waals surface area contributed by atoms with Crippen molar-refractivity contribution in [3.05, 3.63) is 48.3 Å². The lowest BCUT2D eigenvalue weighted by atomic mass is 10.1. The van der Waals surface area contributed by atoms with Gasteiger partial charge in [0.2, 0.25) is 5.91 Å². The van der Waals surface area contributed by atoms with Gasteiger partial charge in [-0.2, -0.15) is 5.10 Å². The van der Waals surface area contributed by atoms with Crippen LogP contribution in [0.1, 0.15) is 18.5 Å². The lowest BCUT2D eigenvalue weighted by Crippen LogP contribution is -2.18. The molecule has 0 spiro atoms. The SMILES string of the molecule is CC(Nc1cnn(CC(N)=O)c1)c1ccccc1. The summed E-state index contributed by atoms with van der Waals surface area (Å²) in [6, 6.07) is 10.3. The number of carbonyl (C=O) groups is 1. The van der Waals surface area contributed by atoms with E-state index in [1.54, 1.807) is 12.4 Å². The zero-order valence-electron chi connectivity index (χ0n) is 10.2. The summed E-state index contributed by atoms with van der Waals surface area (Å²) in [5.74, 6) is -0.402. The van der Waals surface area contributed by atoms with Crippen LogP contribution in [0.2, 0.25) is 0 Å². The van der Waals surface area contributed by atoms with Gasteiger partial charge in [-0.25, -0.2) is 0 Å². The second-order valence-electron chi connectivity index (χ2n) is 4.17. The standard InChI is InChI=1S/C13H16N4O/c1-10(11-5-3-2-4-6-11)16-12-7-15-17(8-12)9-13(14)18/h2-8,10,16H,9H2,1H3,(H2,14,18). The fraction of sp³-hybridized carbons (Fsp3) is 0.231. The molecule has 18 heavy (non-hydrogen) atoms. The molecule has 94 valence electrons. The Morgan fingerprint density at radius 2 is 2.17 bits per heavy atom. The van der Waals surface area contributed by atoms with E-state index in [4.69, 9.17) is 5.73 Å². The molecule has 0 saturated carbocycles. The van der Waals surface area contributed by atoms with Gasteiger partial charge in [0, 0.05) is 12.2 Å². The number of aromatic nitrogens is 2. The van der Waals surface area contributed by atoms with Crippen LogP contribution < -0.4 is 11.1 Å². The average Bonchev–Trinajstić information content (AvgIpc) is 2.76. The number of hydrogen-bond acceptors (Lipinski definition) is 3. The third-order valence-electron chi connectivity index (χ3n) is 2.63. The maximum absolute atomic E-state index is 10.8. The summed E-state index contributed by atoms with van der Waals surface area (Å²) in [6.45, 7) is 2.17. The van der Waals surface area contributed by atoms with E-state index >= 15 is 0 Å². The highest BCUT2D eigenvalue weighted by molar-refractivity contribution is 5.73. The summed E-state index contributed by atoms with van der Waals surface area (Å²) in [6.07, 6.45) is 3.45. The molecule has 2 aromatic rings. The molecule has 0 radical (unpaired) electrons. The number of anilines is 1. The minimum absolute atomic E-state index is 0.0986. The molecule has 1 atom stereocenters. The molecule has 1 aromatic carbocycles. The van der Waals surface area contributed by atoms with Crippen molar-refractivity contribution >= 4 is 11.6 Å². The number of nitrogens with zero attached hydrogens (tertiary/aromatic N) is 2. The highest BCUT2D eigenvalue weighted by atomic mass is 16.1. The highest BCUT2D eigenvalue weighted by Crippen LogP contribution is 2.18. The molecule has 1 heterocycles. The molecular weight excluding hydrogens is 228 g/mol. The fourth-order valence-corrected chi connectivity index (χ4v) is 1.76. The van der Waals surface area contributed by atoms with Crippen LogP contribution in [0.25, 0.3) is 0 Å². The van der Waals surface area contributed by atoms with Crippen molar-refractivity contribution < 1.29 is 4.79 Å². The Morgan fingerprint density at radius 1 is 1.44 bits per heavy atom. The molecule has 2 rings (SSSR count). The van der Waals surface area contributed by atoms with Crippen LogP contribution in [-0.2, 0) is 11.3 Å². The van der Waals surface area contributed by atoms with Crippen molar-refractivity contribution in [3.8, 4) is 0 Å². The van der Waals surface area contributed by atoms with E-state index in [1.165, 1.54) is 10.2 Å². The predicted octanol–water partition coefficient (Wildman–Crippen LogP) is 1.54. The molecule has 5 nitrogen and oxygen atoms in total. The monoisotopic (exact) mass is 244 g/mol. The number of amides is 1. The molecule has 0 bridgehead atoms. The molecule has 0 saturated heterocycles. The number of primary amides is 1. The van der Waals surface area contributed by atoms with E-state index in [2.05, 4.69) is 29.5 Å². The zero-order chi connectivity index (χ0) is 13.0. The molecule has 1 amide bonds. The lowest BCUT2D eigenvalue weighted by molar-refractivity contribution is -0.118. The van der Waals surface area contributed by atoms with E-state index in [0.717, 1.165) is 5.69 Å². The molecule has 0 aliphatic rings. The van der Waals surface area contributed by atoms with Crippen LogP contribution in [0.3, 0.4) is 0 Å². The summed E-state index contributed by atoms with van der Waals surface area (Å²) in [7, 11) is 0. The number of nitrogens with one attached hydrogen (secondary N) is 1. The van der Waals surface area contributed by atoms with Gasteiger partial charge in [0.1, 0.15) is 6.54 Å². The second-order valence-corrected chi connectivity index (χ2v) is 4.17. The number of carbonyl (C=O) groups excluding carboxylic acids is 1. The number of nitrogens with two attached hydrogens (primary N) is 1. The van der Waals surface area contributed by atoms with E-state index in [0.29, 0.717) is 0 Å². The van der Waals surface area contributed by atoms with Crippen molar-refractivity contribution in [2.75, 3.05) is 5.32 Å². The van der Waals surface area contributed by atoms with E-state index < -0.39 is 5.91 Å². The van der Waals surface area contributed by atoms with Crippen molar-refractivity contribution in [1.29, 1.82) is 0 Å². The van der Waals surface area contributed by atoms with Crippen LogP contribution >= 0.6 is 0 Å². The van der Waals surface area contributed by atoms with Crippen LogP contribution in [0.15, 0.2) is 42.7 Å². The first-order valence-corrected chi connectivity index (χ1v) is 5.77. The van der Waals surface area contributed by atoms with Gasteiger partial charge in [-0.05, 0) is 12.5 Å². The van der Waals surface area contributed by atoms with Crippen molar-refractivity contribution in [1.82, 2.24) is 9.78 Å². The normalized spacial score (nSPS) is 12.1. The van der Waals surface area contributed by atoms with Crippen molar-refractivity contribution in [2.45, 2.75) is 19.5 Å². The van der Waals surface area contributed by atoms with Gasteiger partial charge in [0.05, 0.1) is 11.9 Å².